The molecule has 0 radical (unpaired) electrons. The summed E-state index contributed by atoms with van der Waals surface area (Å²) in [7, 11) is 0. The van der Waals surface area contributed by atoms with Crippen LogP contribution in [0.3, 0.4) is 0 Å². The summed E-state index contributed by atoms with van der Waals surface area (Å²) in [6, 6.07) is 12.7. The Bertz CT molecular complexity index is 921. The minimum Gasteiger partial charge on any atom is -0.268 e. The van der Waals surface area contributed by atoms with Gasteiger partial charge in [0, 0.05) is 11.4 Å². The highest BCUT2D eigenvalue weighted by Crippen LogP contribution is 2.30. The van der Waals surface area contributed by atoms with Crippen LogP contribution >= 0.6 is 0 Å². The summed E-state index contributed by atoms with van der Waals surface area (Å²) in [5, 5.41) is 5.28. The van der Waals surface area contributed by atoms with Crippen molar-refractivity contribution in [3.63, 3.8) is 0 Å². The number of rotatable bonds is 2. The highest BCUT2D eigenvalue weighted by atomic mass is 16.2. The maximum Gasteiger partial charge on any atom is 0.266 e. The van der Waals surface area contributed by atoms with Crippen LogP contribution in [-0.2, 0) is 0 Å². The molecule has 0 saturated carbocycles. The molecule has 23 heavy (non-hydrogen) atoms. The molecule has 1 aromatic heterocycles. The Balaban J connectivity index is 1.82. The lowest BCUT2D eigenvalue weighted by atomic mass is 10.1. The minimum atomic E-state index is -0.277. The van der Waals surface area contributed by atoms with E-state index in [9.17, 15) is 9.59 Å². The van der Waals surface area contributed by atoms with Gasteiger partial charge >= 0.3 is 0 Å². The molecule has 2 aromatic carbocycles. The van der Waals surface area contributed by atoms with Gasteiger partial charge in [0.15, 0.2) is 0 Å². The second-order valence-electron chi connectivity index (χ2n) is 5.92. The van der Waals surface area contributed by atoms with Gasteiger partial charge in [-0.3, -0.25) is 14.3 Å². The number of anilines is 1. The SMILES string of the molecule is CC(C)n1ncc2cc(N3C(=O)c4ccccc4C3=O)ccc21. The molecule has 2 amide bonds. The van der Waals surface area contributed by atoms with Crippen LogP contribution in [0.25, 0.3) is 10.9 Å². The van der Waals surface area contributed by atoms with Crippen LogP contribution in [0.5, 0.6) is 0 Å². The van der Waals surface area contributed by atoms with E-state index in [0.717, 1.165) is 10.9 Å². The molecule has 5 nitrogen and oxygen atoms in total. The Kier molecular flexibility index (Phi) is 2.84. The summed E-state index contributed by atoms with van der Waals surface area (Å²) in [4.78, 5) is 26.3. The molecule has 2 heterocycles. The van der Waals surface area contributed by atoms with E-state index in [-0.39, 0.29) is 17.9 Å². The molecule has 3 aromatic rings. The number of aromatic nitrogens is 2. The molecule has 4 rings (SSSR count). The summed E-state index contributed by atoms with van der Waals surface area (Å²) < 4.78 is 1.92. The number of amides is 2. The Labute approximate surface area is 133 Å². The van der Waals surface area contributed by atoms with Gasteiger partial charge in [-0.25, -0.2) is 4.90 Å². The van der Waals surface area contributed by atoms with Crippen LogP contribution in [0.4, 0.5) is 5.69 Å². The van der Waals surface area contributed by atoms with Crippen molar-refractivity contribution in [2.45, 2.75) is 19.9 Å². The number of nitrogens with zero attached hydrogens (tertiary/aromatic N) is 3. The van der Waals surface area contributed by atoms with Crippen molar-refractivity contribution in [1.29, 1.82) is 0 Å². The first-order valence-electron chi connectivity index (χ1n) is 7.53. The van der Waals surface area contributed by atoms with E-state index in [1.807, 2.05) is 16.8 Å². The van der Waals surface area contributed by atoms with Crippen LogP contribution in [-0.4, -0.2) is 21.6 Å². The third kappa shape index (κ3) is 1.90. The third-order valence-electron chi connectivity index (χ3n) is 4.12. The van der Waals surface area contributed by atoms with Gasteiger partial charge < -0.3 is 0 Å². The van der Waals surface area contributed by atoms with Crippen molar-refractivity contribution >= 4 is 28.4 Å². The average molecular weight is 305 g/mol. The van der Waals surface area contributed by atoms with E-state index in [1.165, 1.54) is 4.90 Å². The second kappa shape index (κ2) is 4.78. The first-order chi connectivity index (χ1) is 11.1. The van der Waals surface area contributed by atoms with E-state index < -0.39 is 0 Å². The zero-order valence-electron chi connectivity index (χ0n) is 12.9. The molecule has 0 spiro atoms. The van der Waals surface area contributed by atoms with Gasteiger partial charge in [-0.2, -0.15) is 5.10 Å². The fourth-order valence-corrected chi connectivity index (χ4v) is 3.01. The van der Waals surface area contributed by atoms with Gasteiger partial charge in [-0.1, -0.05) is 12.1 Å². The molecule has 0 fully saturated rings. The number of hydrogen-bond donors (Lipinski definition) is 0. The average Bonchev–Trinajstić information content (AvgIpc) is 3.07. The Morgan fingerprint density at radius 2 is 1.61 bits per heavy atom. The topological polar surface area (TPSA) is 55.2 Å². The Morgan fingerprint density at radius 1 is 0.957 bits per heavy atom. The van der Waals surface area contributed by atoms with Gasteiger partial charge in [0.2, 0.25) is 0 Å². The third-order valence-corrected chi connectivity index (χ3v) is 4.12. The van der Waals surface area contributed by atoms with Gasteiger partial charge in [0.1, 0.15) is 0 Å². The zero-order chi connectivity index (χ0) is 16.1. The molecule has 114 valence electrons. The van der Waals surface area contributed by atoms with E-state index in [4.69, 9.17) is 0 Å². The fraction of sp³-hybridized carbons (Fsp3) is 0.167. The summed E-state index contributed by atoms with van der Waals surface area (Å²) in [6.45, 7) is 4.12. The lowest BCUT2D eigenvalue weighted by Crippen LogP contribution is -2.29. The van der Waals surface area contributed by atoms with Crippen LogP contribution in [0, 0.1) is 0 Å². The van der Waals surface area contributed by atoms with Crippen molar-refractivity contribution in [1.82, 2.24) is 9.78 Å². The number of benzene rings is 2. The smallest absolute Gasteiger partial charge is 0.266 e. The normalized spacial score (nSPS) is 14.1. The predicted octanol–water partition coefficient (Wildman–Crippen LogP) is 3.42. The molecule has 0 unspecified atom stereocenters. The number of imide groups is 1. The van der Waals surface area contributed by atoms with E-state index in [2.05, 4.69) is 18.9 Å². The quantitative estimate of drug-likeness (QED) is 0.682. The monoisotopic (exact) mass is 305 g/mol. The first-order valence-corrected chi connectivity index (χ1v) is 7.53. The number of carbonyl (C=O) groups is 2. The molecule has 0 atom stereocenters. The summed E-state index contributed by atoms with van der Waals surface area (Å²) in [5.74, 6) is -0.553. The molecule has 5 heteroatoms. The van der Waals surface area contributed by atoms with Crippen LogP contribution in [0.15, 0.2) is 48.7 Å². The second-order valence-corrected chi connectivity index (χ2v) is 5.92. The van der Waals surface area contributed by atoms with Crippen LogP contribution in [0.2, 0.25) is 0 Å². The molecule has 1 aliphatic rings. The number of carbonyl (C=O) groups excluding carboxylic acids is 2. The van der Waals surface area contributed by atoms with Crippen molar-refractivity contribution < 1.29 is 9.59 Å². The van der Waals surface area contributed by atoms with Gasteiger partial charge in [-0.05, 0) is 44.2 Å². The van der Waals surface area contributed by atoms with Gasteiger partial charge in [0.25, 0.3) is 11.8 Å². The van der Waals surface area contributed by atoms with Gasteiger partial charge in [0.05, 0.1) is 28.5 Å². The fourth-order valence-electron chi connectivity index (χ4n) is 3.01. The summed E-state index contributed by atoms with van der Waals surface area (Å²) in [6.07, 6.45) is 1.76. The van der Waals surface area contributed by atoms with Crippen LogP contribution in [0.1, 0.15) is 40.6 Å². The molecule has 1 aliphatic heterocycles. The number of fused-ring (bicyclic) bond motifs is 2. The predicted molar refractivity (Wildman–Crippen MR) is 87.7 cm³/mol. The maximum atomic E-state index is 12.5. The zero-order valence-corrected chi connectivity index (χ0v) is 12.9. The van der Waals surface area contributed by atoms with Crippen molar-refractivity contribution in [2.24, 2.45) is 0 Å². The summed E-state index contributed by atoms with van der Waals surface area (Å²) >= 11 is 0. The van der Waals surface area contributed by atoms with Crippen molar-refractivity contribution in [3.05, 3.63) is 59.8 Å². The van der Waals surface area contributed by atoms with Crippen molar-refractivity contribution in [3.8, 4) is 0 Å². The Morgan fingerprint density at radius 3 is 2.22 bits per heavy atom. The standard InChI is InChI=1S/C18H15N3O2/c1-11(2)21-16-8-7-13(9-12(16)10-19-21)20-17(22)14-5-3-4-6-15(14)18(20)23/h3-11H,1-2H3. The first kappa shape index (κ1) is 13.7. The molecular formula is C18H15N3O2. The summed E-state index contributed by atoms with van der Waals surface area (Å²) in [5.41, 5.74) is 2.47. The van der Waals surface area contributed by atoms with E-state index >= 15 is 0 Å². The highest BCUT2D eigenvalue weighted by Gasteiger charge is 2.36. The van der Waals surface area contributed by atoms with Crippen LogP contribution < -0.4 is 4.90 Å². The largest absolute Gasteiger partial charge is 0.268 e. The molecule has 0 bridgehead atoms. The molecule has 0 saturated heterocycles. The lowest BCUT2D eigenvalue weighted by Gasteiger charge is -2.14. The van der Waals surface area contributed by atoms with E-state index in [0.29, 0.717) is 16.8 Å². The minimum absolute atomic E-state index is 0.248. The highest BCUT2D eigenvalue weighted by molar-refractivity contribution is 6.34. The maximum absolute atomic E-state index is 12.5. The van der Waals surface area contributed by atoms with E-state index in [1.54, 1.807) is 36.5 Å². The molecular weight excluding hydrogens is 290 g/mol. The molecule has 0 aliphatic carbocycles. The lowest BCUT2D eigenvalue weighted by molar-refractivity contribution is 0.0926. The molecule has 0 N–H and O–H groups in total. The van der Waals surface area contributed by atoms with Crippen molar-refractivity contribution in [2.75, 3.05) is 4.90 Å². The number of hydrogen-bond acceptors (Lipinski definition) is 3. The Hall–Kier alpha value is -2.95. The van der Waals surface area contributed by atoms with Gasteiger partial charge in [-0.15, -0.1) is 0 Å².